The number of quaternary nitrogens is 1. The summed E-state index contributed by atoms with van der Waals surface area (Å²) >= 11 is 0. The first kappa shape index (κ1) is 67.2. The van der Waals surface area contributed by atoms with Crippen molar-refractivity contribution in [3.63, 3.8) is 0 Å². The molecule has 0 saturated heterocycles. The molecule has 3 unspecified atom stereocenters. The predicted octanol–water partition coefficient (Wildman–Crippen LogP) is 16.4. The molecule has 0 heterocycles. The molecule has 0 aliphatic heterocycles. The Morgan fingerprint density at radius 1 is 0.514 bits per heavy atom. The van der Waals surface area contributed by atoms with E-state index in [0.717, 1.165) is 89.9 Å². The van der Waals surface area contributed by atoms with Crippen LogP contribution in [0.15, 0.2) is 85.1 Å². The quantitative estimate of drug-likeness (QED) is 0.0212. The molecular weight excluding hydrogens is 892 g/mol. The fourth-order valence-electron chi connectivity index (χ4n) is 7.67. The third-order valence-corrected chi connectivity index (χ3v) is 13.0. The summed E-state index contributed by atoms with van der Waals surface area (Å²) in [5.74, 6) is -0.620. The molecule has 1 amide bonds. The summed E-state index contributed by atoms with van der Waals surface area (Å²) in [5, 5.41) is 3.00. The third-order valence-electron chi connectivity index (χ3n) is 12.1. The van der Waals surface area contributed by atoms with Crippen LogP contribution in [-0.4, -0.2) is 69.4 Å². The molecule has 3 atom stereocenters. The number of rotatable bonds is 50. The number of phosphoric ester groups is 1. The third kappa shape index (κ3) is 50.1. The largest absolute Gasteiger partial charge is 0.756 e. The zero-order valence-electron chi connectivity index (χ0n) is 45.9. The topological polar surface area (TPSA) is 114 Å². The number of esters is 1. The summed E-state index contributed by atoms with van der Waals surface area (Å²) < 4.78 is 30.2. The number of nitrogens with zero attached hydrogens (tertiary/aromatic N) is 1. The highest BCUT2D eigenvalue weighted by atomic mass is 31.2. The Kier molecular flexibility index (Phi) is 47.8. The number of phosphoric acid groups is 1. The molecule has 9 nitrogen and oxygen atoms in total. The van der Waals surface area contributed by atoms with Gasteiger partial charge in [0, 0.05) is 12.8 Å². The van der Waals surface area contributed by atoms with Crippen molar-refractivity contribution in [1.29, 1.82) is 0 Å². The van der Waals surface area contributed by atoms with Gasteiger partial charge < -0.3 is 28.5 Å². The van der Waals surface area contributed by atoms with Crippen LogP contribution in [0.25, 0.3) is 0 Å². The Hall–Kier alpha value is -2.81. The molecule has 0 saturated carbocycles. The van der Waals surface area contributed by atoms with Crippen molar-refractivity contribution in [2.45, 2.75) is 245 Å². The maximum absolute atomic E-state index is 13.5. The number of unbranched alkanes of at least 4 members (excludes halogenated alkanes) is 22. The van der Waals surface area contributed by atoms with Gasteiger partial charge in [-0.05, 0) is 96.0 Å². The molecular formula is C60H107N2O7P. The highest BCUT2D eigenvalue weighted by molar-refractivity contribution is 7.45. The second-order valence-electron chi connectivity index (χ2n) is 20.1. The van der Waals surface area contributed by atoms with Crippen molar-refractivity contribution < 1.29 is 37.3 Å². The fraction of sp³-hybridized carbons (Fsp3) is 0.733. The van der Waals surface area contributed by atoms with Crippen molar-refractivity contribution in [1.82, 2.24) is 5.32 Å². The number of amides is 1. The average molecular weight is 999 g/mol. The molecule has 0 spiro atoms. The number of nitrogens with one attached hydrogen (secondary N) is 1. The van der Waals surface area contributed by atoms with Crippen molar-refractivity contribution in [2.75, 3.05) is 40.9 Å². The van der Waals surface area contributed by atoms with Gasteiger partial charge in [0.1, 0.15) is 19.3 Å². The molecule has 1 N–H and O–H groups in total. The molecule has 0 rings (SSSR count). The Labute approximate surface area is 431 Å². The molecule has 0 bridgehead atoms. The number of carbonyl (C=O) groups is 2. The van der Waals surface area contributed by atoms with E-state index in [2.05, 4.69) is 99.0 Å². The number of hydrogen-bond donors (Lipinski definition) is 1. The zero-order chi connectivity index (χ0) is 51.5. The van der Waals surface area contributed by atoms with Crippen molar-refractivity contribution in [2.24, 2.45) is 0 Å². The first-order valence-electron chi connectivity index (χ1n) is 28.4. The molecule has 0 aromatic heterocycles. The van der Waals surface area contributed by atoms with Crippen LogP contribution in [0.2, 0.25) is 0 Å². The van der Waals surface area contributed by atoms with E-state index in [1.54, 1.807) is 0 Å². The van der Waals surface area contributed by atoms with Crippen LogP contribution >= 0.6 is 7.82 Å². The van der Waals surface area contributed by atoms with E-state index >= 15 is 0 Å². The number of hydrogen-bond acceptors (Lipinski definition) is 7. The van der Waals surface area contributed by atoms with Gasteiger partial charge in [0.15, 0.2) is 0 Å². The fourth-order valence-corrected chi connectivity index (χ4v) is 8.39. The van der Waals surface area contributed by atoms with E-state index in [1.165, 1.54) is 103 Å². The van der Waals surface area contributed by atoms with Gasteiger partial charge in [-0.25, -0.2) is 0 Å². The predicted molar refractivity (Wildman–Crippen MR) is 298 cm³/mol. The molecule has 0 radical (unpaired) electrons. The summed E-state index contributed by atoms with van der Waals surface area (Å²) in [5.41, 5.74) is 0. The van der Waals surface area contributed by atoms with Crippen LogP contribution in [-0.2, 0) is 27.9 Å². The summed E-state index contributed by atoms with van der Waals surface area (Å²) in [4.78, 5) is 39.8. The van der Waals surface area contributed by atoms with Gasteiger partial charge >= 0.3 is 5.97 Å². The SMILES string of the molecule is CC/C=C/C/C=C/CCCCCCCCCC(=O)NC(COP(=O)([O-])OCC[N+](C)(C)C)C(/C=C/CCCCCCCCCCCCC)OC(=O)CCC/C=C\C/C=C\C/C=C\C/C=C\CCCCC. The smallest absolute Gasteiger partial charge is 0.306 e. The zero-order valence-corrected chi connectivity index (χ0v) is 46.8. The monoisotopic (exact) mass is 999 g/mol. The molecule has 10 heteroatoms. The maximum Gasteiger partial charge on any atom is 0.306 e. The van der Waals surface area contributed by atoms with Crippen molar-refractivity contribution in [3.05, 3.63) is 85.1 Å². The van der Waals surface area contributed by atoms with Crippen LogP contribution in [0.5, 0.6) is 0 Å². The van der Waals surface area contributed by atoms with E-state index < -0.39 is 32.5 Å². The molecule has 0 aliphatic carbocycles. The lowest BCUT2D eigenvalue weighted by Gasteiger charge is -2.30. The first-order valence-corrected chi connectivity index (χ1v) is 29.9. The van der Waals surface area contributed by atoms with Crippen LogP contribution in [0, 0.1) is 0 Å². The summed E-state index contributed by atoms with van der Waals surface area (Å²) in [7, 11) is 1.14. The highest BCUT2D eigenvalue weighted by Crippen LogP contribution is 2.38. The van der Waals surface area contributed by atoms with E-state index in [4.69, 9.17) is 13.8 Å². The van der Waals surface area contributed by atoms with Gasteiger partial charge in [0.05, 0.1) is 33.8 Å². The van der Waals surface area contributed by atoms with Crippen molar-refractivity contribution >= 4 is 19.7 Å². The van der Waals surface area contributed by atoms with Gasteiger partial charge in [-0.3, -0.25) is 14.2 Å². The van der Waals surface area contributed by atoms with E-state index in [0.29, 0.717) is 23.9 Å². The number of likely N-dealkylation sites (N-methyl/N-ethyl adjacent to an activating group) is 1. The Balaban J connectivity index is 5.49. The minimum atomic E-state index is -4.71. The molecule has 0 fully saturated rings. The van der Waals surface area contributed by atoms with E-state index in [9.17, 15) is 19.0 Å². The lowest BCUT2D eigenvalue weighted by Crippen LogP contribution is -2.47. The maximum atomic E-state index is 13.5. The molecule has 404 valence electrons. The summed E-state index contributed by atoms with van der Waals surface area (Å²) in [6, 6.07) is -0.917. The minimum Gasteiger partial charge on any atom is -0.756 e. The average Bonchev–Trinajstić information content (AvgIpc) is 3.32. The van der Waals surface area contributed by atoms with Gasteiger partial charge in [0.25, 0.3) is 7.82 Å². The van der Waals surface area contributed by atoms with E-state index in [-0.39, 0.29) is 18.9 Å². The molecule has 0 aromatic rings. The van der Waals surface area contributed by atoms with Crippen LogP contribution in [0.3, 0.4) is 0 Å². The first-order chi connectivity index (χ1) is 33.9. The molecule has 0 aromatic carbocycles. The van der Waals surface area contributed by atoms with Gasteiger partial charge in [-0.2, -0.15) is 0 Å². The standard InChI is InChI=1S/C60H107N2O7P/c1-7-10-13-16-19-22-25-28-30-31-32-35-38-41-44-47-50-53-60(64)69-58(51-48-45-42-39-36-33-27-24-21-18-15-12-9-3)57(56-68-70(65,66)67-55-54-62(4,5)6)61-59(63)52-49-46-43-40-37-34-29-26-23-20-17-14-11-8-2/h11,14,19-20,22-23,28,30,32,35,41,44,48,51,57-58H,7-10,12-13,15-18,21,24-27,29,31,33-34,36-40,42-43,45-47,49-50,52-56H2,1-6H3,(H-,61,63,65,66)/b14-11+,22-19-,23-20+,30-28-,35-32-,44-41-,51-48+. The second-order valence-corrected chi connectivity index (χ2v) is 21.5. The molecule has 70 heavy (non-hydrogen) atoms. The van der Waals surface area contributed by atoms with E-state index in [1.807, 2.05) is 33.3 Å². The van der Waals surface area contributed by atoms with Crippen molar-refractivity contribution in [3.8, 4) is 0 Å². The number of allylic oxidation sites excluding steroid dienone is 13. The molecule has 0 aliphatic rings. The van der Waals surface area contributed by atoms with Gasteiger partial charge in [-0.15, -0.1) is 0 Å². The van der Waals surface area contributed by atoms with Crippen LogP contribution < -0.4 is 10.2 Å². The normalized spacial score (nSPS) is 14.4. The number of ether oxygens (including phenoxy) is 1. The van der Waals surface area contributed by atoms with Crippen LogP contribution in [0.1, 0.15) is 233 Å². The number of carbonyl (C=O) groups excluding carboxylic acids is 2. The summed E-state index contributed by atoms with van der Waals surface area (Å²) in [6.07, 6.45) is 64.1. The highest BCUT2D eigenvalue weighted by Gasteiger charge is 2.27. The Bertz CT molecular complexity index is 1480. The lowest BCUT2D eigenvalue weighted by molar-refractivity contribution is -0.870. The minimum absolute atomic E-state index is 0.0357. The van der Waals surface area contributed by atoms with Gasteiger partial charge in [-0.1, -0.05) is 209 Å². The second kappa shape index (κ2) is 49.8. The lowest BCUT2D eigenvalue weighted by atomic mass is 10.0. The Morgan fingerprint density at radius 2 is 0.929 bits per heavy atom. The van der Waals surface area contributed by atoms with Crippen LogP contribution in [0.4, 0.5) is 0 Å². The van der Waals surface area contributed by atoms with Gasteiger partial charge in [0.2, 0.25) is 5.91 Å². The summed E-state index contributed by atoms with van der Waals surface area (Å²) in [6.45, 7) is 6.65. The Morgan fingerprint density at radius 3 is 1.43 bits per heavy atom.